The van der Waals surface area contributed by atoms with E-state index in [1.165, 1.54) is 23.5 Å². The molecule has 0 aliphatic rings. The summed E-state index contributed by atoms with van der Waals surface area (Å²) in [4.78, 5) is 10.9. The number of hydrogen-bond donors (Lipinski definition) is 2. The second-order valence-corrected chi connectivity index (χ2v) is 10.2. The van der Waals surface area contributed by atoms with Crippen LogP contribution in [0.15, 0.2) is 41.3 Å². The van der Waals surface area contributed by atoms with Crippen LogP contribution in [0.3, 0.4) is 0 Å². The van der Waals surface area contributed by atoms with Crippen LogP contribution in [0.2, 0.25) is 5.02 Å². The number of carboxylic acids is 1. The largest absolute Gasteiger partial charge is 0.478 e. The van der Waals surface area contributed by atoms with Crippen molar-refractivity contribution in [3.8, 4) is 0 Å². The summed E-state index contributed by atoms with van der Waals surface area (Å²) >= 11 is 4.62. The summed E-state index contributed by atoms with van der Waals surface area (Å²) in [6.07, 6.45) is 0.910. The number of carbonyl (C=O) groups is 1. The second kappa shape index (κ2) is 7.45. The minimum atomic E-state index is -3.89. The van der Waals surface area contributed by atoms with Gasteiger partial charge in [-0.15, -0.1) is 11.3 Å². The number of thiophene rings is 1. The average Bonchev–Trinajstić information content (AvgIpc) is 2.90. The zero-order valence-electron chi connectivity index (χ0n) is 14.5. The van der Waals surface area contributed by atoms with E-state index in [0.29, 0.717) is 15.6 Å². The highest BCUT2D eigenvalue weighted by Crippen LogP contribution is 2.43. The van der Waals surface area contributed by atoms with Crippen LogP contribution in [-0.2, 0) is 21.1 Å². The van der Waals surface area contributed by atoms with E-state index in [9.17, 15) is 22.0 Å². The molecular weight excluding hydrogens is 446 g/mol. The topological polar surface area (TPSA) is 112 Å². The Balaban J connectivity index is 2.32. The van der Waals surface area contributed by atoms with Gasteiger partial charge in [-0.25, -0.2) is 21.7 Å². The van der Waals surface area contributed by atoms with Crippen molar-refractivity contribution >= 4 is 70.8 Å². The lowest BCUT2D eigenvalue weighted by Gasteiger charge is -2.22. The smallest absolute Gasteiger partial charge is 0.335 e. The molecule has 0 spiro atoms. The molecule has 2 N–H and O–H groups in total. The first-order valence-electron chi connectivity index (χ1n) is 7.68. The van der Waals surface area contributed by atoms with Crippen molar-refractivity contribution < 1.29 is 27.1 Å². The molecule has 0 radical (unpaired) electrons. The van der Waals surface area contributed by atoms with Crippen LogP contribution in [-0.4, -0.2) is 34.5 Å². The summed E-state index contributed by atoms with van der Waals surface area (Å²) in [5, 5.41) is 10.8. The lowest BCUT2D eigenvalue weighted by Crippen LogP contribution is -2.21. The summed E-state index contributed by atoms with van der Waals surface area (Å²) < 4.78 is 48.5. The molecule has 1 unspecified atom stereocenters. The Morgan fingerprint density at radius 1 is 1.21 bits per heavy atom. The molecule has 7 nitrogen and oxygen atoms in total. The van der Waals surface area contributed by atoms with Crippen molar-refractivity contribution in [1.82, 2.24) is 0 Å². The summed E-state index contributed by atoms with van der Waals surface area (Å²) in [5.41, 5.74) is 0.313. The van der Waals surface area contributed by atoms with E-state index in [1.807, 2.05) is 0 Å². The van der Waals surface area contributed by atoms with Crippen LogP contribution in [0.5, 0.6) is 0 Å². The molecule has 11 heteroatoms. The molecule has 2 aromatic carbocycles. The fourth-order valence-corrected chi connectivity index (χ4v) is 5.88. The number of rotatable bonds is 5. The van der Waals surface area contributed by atoms with Crippen molar-refractivity contribution in [2.75, 3.05) is 10.6 Å². The molecule has 0 aliphatic carbocycles. The van der Waals surface area contributed by atoms with Gasteiger partial charge in [-0.2, -0.15) is 0 Å². The molecule has 148 valence electrons. The summed E-state index contributed by atoms with van der Waals surface area (Å²) in [5.74, 6) is -1.30. The molecule has 0 saturated carbocycles. The SMILES string of the molecule is Cc1c(N(c2ccc(C(=O)O)cc2S(C)(=O)=O)S(=O)O)sc2ccc(Cl)cc12. The molecule has 1 atom stereocenters. The van der Waals surface area contributed by atoms with Crippen LogP contribution in [0.25, 0.3) is 10.1 Å². The Bertz CT molecular complexity index is 1240. The van der Waals surface area contributed by atoms with Gasteiger partial charge in [0.25, 0.3) is 11.3 Å². The molecular formula is C17H14ClNO6S3. The molecule has 0 amide bonds. The number of halogens is 1. The number of benzene rings is 2. The number of fused-ring (bicyclic) bond motifs is 1. The maximum Gasteiger partial charge on any atom is 0.335 e. The maximum atomic E-state index is 12.3. The van der Waals surface area contributed by atoms with E-state index in [1.54, 1.807) is 25.1 Å². The molecule has 0 fully saturated rings. The molecule has 0 saturated heterocycles. The van der Waals surface area contributed by atoms with Gasteiger partial charge in [-0.1, -0.05) is 11.6 Å². The zero-order chi connectivity index (χ0) is 20.8. The van der Waals surface area contributed by atoms with Gasteiger partial charge in [-0.05, 0) is 54.3 Å². The normalized spacial score (nSPS) is 12.9. The third-order valence-electron chi connectivity index (χ3n) is 4.04. The third-order valence-corrected chi connectivity index (χ3v) is 7.46. The predicted molar refractivity (Wildman–Crippen MR) is 111 cm³/mol. The molecule has 1 aromatic heterocycles. The number of carboxylic acid groups (broad SMARTS) is 1. The molecule has 0 bridgehead atoms. The Morgan fingerprint density at radius 2 is 1.89 bits per heavy atom. The number of hydrogen-bond acceptors (Lipinski definition) is 5. The van der Waals surface area contributed by atoms with Gasteiger partial charge < -0.3 is 5.11 Å². The zero-order valence-corrected chi connectivity index (χ0v) is 17.7. The van der Waals surface area contributed by atoms with E-state index < -0.39 is 27.1 Å². The lowest BCUT2D eigenvalue weighted by atomic mass is 10.2. The van der Waals surface area contributed by atoms with E-state index in [4.69, 9.17) is 16.7 Å². The number of aromatic carboxylic acids is 1. The molecule has 28 heavy (non-hydrogen) atoms. The van der Waals surface area contributed by atoms with Crippen molar-refractivity contribution in [2.45, 2.75) is 11.8 Å². The minimum Gasteiger partial charge on any atom is -0.478 e. The Labute approximate surface area is 172 Å². The Kier molecular flexibility index (Phi) is 5.52. The molecule has 1 heterocycles. The van der Waals surface area contributed by atoms with Gasteiger partial charge >= 0.3 is 5.97 Å². The summed E-state index contributed by atoms with van der Waals surface area (Å²) in [7, 11) is -3.89. The highest BCUT2D eigenvalue weighted by atomic mass is 35.5. The van der Waals surface area contributed by atoms with Gasteiger partial charge in [0, 0.05) is 16.0 Å². The first kappa shape index (κ1) is 20.7. The first-order valence-corrected chi connectivity index (χ1v) is 11.8. The average molecular weight is 460 g/mol. The standard InChI is InChI=1S/C17H14ClNO6S3/c1-9-12-8-11(18)4-6-14(12)26-16(9)19(27(22)23)13-5-3-10(17(20)21)7-15(13)28(2,24)25/h3-8H,1-2H3,(H,20,21)(H,22,23). The number of sulfone groups is 1. The lowest BCUT2D eigenvalue weighted by molar-refractivity contribution is 0.0696. The Morgan fingerprint density at radius 3 is 2.46 bits per heavy atom. The molecule has 3 rings (SSSR count). The first-order chi connectivity index (χ1) is 13.0. The van der Waals surface area contributed by atoms with Crippen LogP contribution in [0.4, 0.5) is 10.7 Å². The van der Waals surface area contributed by atoms with E-state index in [2.05, 4.69) is 0 Å². The van der Waals surface area contributed by atoms with E-state index in [0.717, 1.165) is 26.7 Å². The van der Waals surface area contributed by atoms with Crippen molar-refractivity contribution in [3.63, 3.8) is 0 Å². The van der Waals surface area contributed by atoms with Gasteiger partial charge in [0.05, 0.1) is 16.1 Å². The minimum absolute atomic E-state index is 0.0888. The monoisotopic (exact) mass is 459 g/mol. The van der Waals surface area contributed by atoms with Crippen LogP contribution >= 0.6 is 22.9 Å². The quantitative estimate of drug-likeness (QED) is 0.552. The molecule has 0 aliphatic heterocycles. The van der Waals surface area contributed by atoms with Crippen molar-refractivity contribution in [2.24, 2.45) is 0 Å². The van der Waals surface area contributed by atoms with Crippen LogP contribution < -0.4 is 4.31 Å². The van der Waals surface area contributed by atoms with Crippen molar-refractivity contribution in [3.05, 3.63) is 52.5 Å². The van der Waals surface area contributed by atoms with Crippen molar-refractivity contribution in [1.29, 1.82) is 0 Å². The third kappa shape index (κ3) is 3.78. The molecule has 3 aromatic rings. The van der Waals surface area contributed by atoms with E-state index >= 15 is 0 Å². The number of aryl methyl sites for hydroxylation is 1. The van der Waals surface area contributed by atoms with Gasteiger partial charge in [-0.3, -0.25) is 4.55 Å². The predicted octanol–water partition coefficient (Wildman–Crippen LogP) is 4.24. The fourth-order valence-electron chi connectivity index (χ4n) is 2.75. The van der Waals surface area contributed by atoms with Gasteiger partial charge in [0.15, 0.2) is 9.84 Å². The van der Waals surface area contributed by atoms with Gasteiger partial charge in [0.2, 0.25) is 0 Å². The fraction of sp³-hybridized carbons (Fsp3) is 0.118. The van der Waals surface area contributed by atoms with Crippen LogP contribution in [0.1, 0.15) is 15.9 Å². The highest BCUT2D eigenvalue weighted by molar-refractivity contribution is 7.91. The summed E-state index contributed by atoms with van der Waals surface area (Å²) in [6, 6.07) is 8.55. The highest BCUT2D eigenvalue weighted by Gasteiger charge is 2.27. The van der Waals surface area contributed by atoms with Crippen LogP contribution in [0, 0.1) is 6.92 Å². The maximum absolute atomic E-state index is 12.3. The van der Waals surface area contributed by atoms with Gasteiger partial charge in [0.1, 0.15) is 5.00 Å². The number of anilines is 2. The second-order valence-electron chi connectivity index (χ2n) is 5.96. The van der Waals surface area contributed by atoms with E-state index in [-0.39, 0.29) is 16.1 Å². The Hall–Kier alpha value is -1.98. The number of nitrogens with zero attached hydrogens (tertiary/aromatic N) is 1. The summed E-state index contributed by atoms with van der Waals surface area (Å²) in [6.45, 7) is 1.73.